The molecule has 18 heavy (non-hydrogen) atoms. The van der Waals surface area contributed by atoms with E-state index in [0.717, 1.165) is 24.4 Å². The molecule has 0 radical (unpaired) electrons. The van der Waals surface area contributed by atoms with Crippen molar-refractivity contribution in [3.8, 4) is 0 Å². The van der Waals surface area contributed by atoms with Crippen molar-refractivity contribution in [2.24, 2.45) is 11.8 Å². The molecule has 0 aromatic heterocycles. The van der Waals surface area contributed by atoms with E-state index >= 15 is 0 Å². The second-order valence-electron chi connectivity index (χ2n) is 6.48. The number of hydrogen-bond donors (Lipinski definition) is 1. The molecular formula is C15H30N2O. The second kappa shape index (κ2) is 6.36. The normalized spacial score (nSPS) is 34.8. The van der Waals surface area contributed by atoms with Crippen molar-refractivity contribution < 1.29 is 4.74 Å². The zero-order valence-corrected chi connectivity index (χ0v) is 12.5. The van der Waals surface area contributed by atoms with Gasteiger partial charge in [0.15, 0.2) is 0 Å². The smallest absolute Gasteiger partial charge is 0.0667 e. The van der Waals surface area contributed by atoms with E-state index in [2.05, 4.69) is 31.0 Å². The molecule has 0 amide bonds. The van der Waals surface area contributed by atoms with Crippen LogP contribution in [0.25, 0.3) is 0 Å². The van der Waals surface area contributed by atoms with E-state index in [9.17, 15) is 0 Å². The second-order valence-corrected chi connectivity index (χ2v) is 6.48. The highest BCUT2D eigenvalue weighted by Crippen LogP contribution is 2.35. The fraction of sp³-hybridized carbons (Fsp3) is 1.00. The van der Waals surface area contributed by atoms with Crippen molar-refractivity contribution in [1.29, 1.82) is 0 Å². The lowest BCUT2D eigenvalue weighted by Gasteiger charge is -2.49. The topological polar surface area (TPSA) is 24.5 Å². The lowest BCUT2D eigenvalue weighted by Crippen LogP contribution is -2.59. The number of hydrogen-bond acceptors (Lipinski definition) is 3. The molecule has 2 fully saturated rings. The molecule has 2 bridgehead atoms. The van der Waals surface area contributed by atoms with Crippen molar-refractivity contribution in [1.82, 2.24) is 10.2 Å². The van der Waals surface area contributed by atoms with Crippen LogP contribution in [0.15, 0.2) is 0 Å². The number of nitrogens with zero attached hydrogens (tertiary/aromatic N) is 1. The van der Waals surface area contributed by atoms with Crippen molar-refractivity contribution in [2.75, 3.05) is 26.7 Å². The predicted octanol–water partition coefficient (Wildman–Crippen LogP) is 2.12. The van der Waals surface area contributed by atoms with Gasteiger partial charge in [-0.2, -0.15) is 0 Å². The molecule has 3 nitrogen and oxygen atoms in total. The Morgan fingerprint density at radius 3 is 2.28 bits per heavy atom. The average molecular weight is 254 g/mol. The van der Waals surface area contributed by atoms with Gasteiger partial charge in [0.25, 0.3) is 0 Å². The number of methoxy groups -OCH3 is 1. The van der Waals surface area contributed by atoms with Gasteiger partial charge in [0.1, 0.15) is 0 Å². The van der Waals surface area contributed by atoms with Gasteiger partial charge in [-0.3, -0.25) is 0 Å². The molecule has 0 spiro atoms. The fourth-order valence-electron chi connectivity index (χ4n) is 3.61. The number of piperidine rings is 1. The lowest BCUT2D eigenvalue weighted by molar-refractivity contribution is 0.0218. The van der Waals surface area contributed by atoms with Gasteiger partial charge >= 0.3 is 0 Å². The van der Waals surface area contributed by atoms with Gasteiger partial charge < -0.3 is 15.0 Å². The van der Waals surface area contributed by atoms with Crippen molar-refractivity contribution in [3.05, 3.63) is 0 Å². The highest BCUT2D eigenvalue weighted by Gasteiger charge is 2.39. The molecule has 1 saturated heterocycles. The maximum absolute atomic E-state index is 5.35. The quantitative estimate of drug-likeness (QED) is 0.813. The van der Waals surface area contributed by atoms with E-state index in [0.29, 0.717) is 12.1 Å². The number of nitrogens with one attached hydrogen (secondary N) is 1. The summed E-state index contributed by atoms with van der Waals surface area (Å²) in [5.41, 5.74) is 0. The molecule has 3 atom stereocenters. The summed E-state index contributed by atoms with van der Waals surface area (Å²) in [4.78, 5) is 2.67. The van der Waals surface area contributed by atoms with Crippen molar-refractivity contribution in [2.45, 2.75) is 58.2 Å². The third kappa shape index (κ3) is 3.25. The summed E-state index contributed by atoms with van der Waals surface area (Å²) < 4.78 is 5.35. The van der Waals surface area contributed by atoms with E-state index < -0.39 is 0 Å². The molecular weight excluding hydrogens is 224 g/mol. The Bertz CT molecular complexity index is 243. The van der Waals surface area contributed by atoms with Gasteiger partial charge in [-0.25, -0.2) is 0 Å². The molecule has 0 aromatic carbocycles. The van der Waals surface area contributed by atoms with Crippen LogP contribution in [0.3, 0.4) is 0 Å². The van der Waals surface area contributed by atoms with E-state index in [1.54, 1.807) is 7.11 Å². The number of fused-ring (bicyclic) bond motifs is 2. The molecule has 1 heterocycles. The van der Waals surface area contributed by atoms with Crippen LogP contribution in [-0.4, -0.2) is 49.8 Å². The largest absolute Gasteiger partial charge is 0.380 e. The zero-order valence-electron chi connectivity index (χ0n) is 12.5. The lowest BCUT2D eigenvalue weighted by atomic mass is 9.73. The minimum Gasteiger partial charge on any atom is -0.380 e. The molecule has 3 unspecified atom stereocenters. The molecule has 106 valence electrons. The van der Waals surface area contributed by atoms with E-state index in [1.165, 1.54) is 32.4 Å². The van der Waals surface area contributed by atoms with Crippen LogP contribution in [0.2, 0.25) is 0 Å². The Morgan fingerprint density at radius 2 is 1.78 bits per heavy atom. The molecule has 0 aromatic rings. The van der Waals surface area contributed by atoms with Gasteiger partial charge in [-0.1, -0.05) is 6.42 Å². The Balaban J connectivity index is 1.91. The highest BCUT2D eigenvalue weighted by atomic mass is 16.5. The van der Waals surface area contributed by atoms with Crippen LogP contribution < -0.4 is 5.32 Å². The molecule has 2 aliphatic rings. The number of rotatable bonds is 5. The SMILES string of the molecule is COC(C)CNC1C2CCCC1CN(C(C)C)C2. The van der Waals surface area contributed by atoms with Gasteiger partial charge in [0.05, 0.1) is 6.10 Å². The third-order valence-electron chi connectivity index (χ3n) is 4.88. The van der Waals surface area contributed by atoms with Crippen LogP contribution in [0.5, 0.6) is 0 Å². The van der Waals surface area contributed by atoms with Crippen LogP contribution in [0.4, 0.5) is 0 Å². The maximum atomic E-state index is 5.35. The van der Waals surface area contributed by atoms with Crippen molar-refractivity contribution >= 4 is 0 Å². The zero-order chi connectivity index (χ0) is 13.1. The highest BCUT2D eigenvalue weighted by molar-refractivity contribution is 4.95. The Morgan fingerprint density at radius 1 is 1.17 bits per heavy atom. The van der Waals surface area contributed by atoms with Gasteiger partial charge in [-0.05, 0) is 45.4 Å². The minimum absolute atomic E-state index is 0.328. The summed E-state index contributed by atoms with van der Waals surface area (Å²) in [6.07, 6.45) is 4.56. The summed E-state index contributed by atoms with van der Waals surface area (Å²) in [5.74, 6) is 1.70. The van der Waals surface area contributed by atoms with Crippen LogP contribution in [0, 0.1) is 11.8 Å². The molecule has 1 N–H and O–H groups in total. The summed E-state index contributed by atoms with van der Waals surface area (Å²) in [5, 5.41) is 3.78. The Kier molecular flexibility index (Phi) is 5.05. The van der Waals surface area contributed by atoms with E-state index in [4.69, 9.17) is 4.74 Å². The van der Waals surface area contributed by atoms with Gasteiger partial charge in [-0.15, -0.1) is 0 Å². The van der Waals surface area contributed by atoms with Gasteiger partial charge in [0.2, 0.25) is 0 Å². The molecule has 1 aliphatic heterocycles. The first-order valence-corrected chi connectivity index (χ1v) is 7.62. The summed E-state index contributed by atoms with van der Waals surface area (Å²) in [6, 6.07) is 1.43. The van der Waals surface area contributed by atoms with Crippen LogP contribution >= 0.6 is 0 Å². The van der Waals surface area contributed by atoms with Crippen LogP contribution in [0.1, 0.15) is 40.0 Å². The summed E-state index contributed by atoms with van der Waals surface area (Å²) in [6.45, 7) is 10.4. The van der Waals surface area contributed by atoms with Crippen LogP contribution in [-0.2, 0) is 4.74 Å². The molecule has 1 aliphatic carbocycles. The fourth-order valence-corrected chi connectivity index (χ4v) is 3.61. The predicted molar refractivity (Wildman–Crippen MR) is 75.8 cm³/mol. The van der Waals surface area contributed by atoms with Gasteiger partial charge in [0, 0.05) is 38.8 Å². The molecule has 2 rings (SSSR count). The third-order valence-corrected chi connectivity index (χ3v) is 4.88. The van der Waals surface area contributed by atoms with Crippen molar-refractivity contribution in [3.63, 3.8) is 0 Å². The first-order valence-electron chi connectivity index (χ1n) is 7.62. The monoisotopic (exact) mass is 254 g/mol. The Hall–Kier alpha value is -0.120. The number of likely N-dealkylation sites (tertiary alicyclic amines) is 1. The average Bonchev–Trinajstić information content (AvgIpc) is 2.34. The minimum atomic E-state index is 0.328. The standard InChI is InChI=1S/C15H30N2O/c1-11(2)17-9-13-6-5-7-14(10-17)15(13)16-8-12(3)18-4/h11-16H,5-10H2,1-4H3. The first kappa shape index (κ1) is 14.3. The Labute approximate surface area is 112 Å². The molecule has 1 saturated carbocycles. The van der Waals surface area contributed by atoms with E-state index in [1.807, 2.05) is 0 Å². The molecule has 3 heteroatoms. The number of ether oxygens (including phenoxy) is 1. The maximum Gasteiger partial charge on any atom is 0.0667 e. The summed E-state index contributed by atoms with van der Waals surface area (Å²) in [7, 11) is 1.80. The first-order chi connectivity index (χ1) is 8.61. The van der Waals surface area contributed by atoms with E-state index in [-0.39, 0.29) is 0 Å². The summed E-state index contributed by atoms with van der Waals surface area (Å²) >= 11 is 0.